The number of thiophene rings is 1. The number of benzene rings is 8. The molecule has 4 heteroatoms. The Labute approximate surface area is 311 Å². The van der Waals surface area contributed by atoms with Gasteiger partial charge in [0.2, 0.25) is 5.89 Å². The van der Waals surface area contributed by atoms with Crippen molar-refractivity contribution in [1.29, 1.82) is 0 Å². The van der Waals surface area contributed by atoms with Crippen LogP contribution in [-0.4, -0.2) is 4.98 Å². The van der Waals surface area contributed by atoms with Gasteiger partial charge >= 0.3 is 0 Å². The van der Waals surface area contributed by atoms with Crippen LogP contribution in [-0.2, 0) is 0 Å². The van der Waals surface area contributed by atoms with Crippen LogP contribution in [0.3, 0.4) is 0 Å². The molecule has 0 aliphatic heterocycles. The van der Waals surface area contributed by atoms with E-state index in [2.05, 4.69) is 163 Å². The zero-order valence-corrected chi connectivity index (χ0v) is 29.5. The van der Waals surface area contributed by atoms with E-state index >= 15 is 0 Å². The number of hydrogen-bond acceptors (Lipinski definition) is 4. The first-order chi connectivity index (χ1) is 26.3. The van der Waals surface area contributed by atoms with Crippen LogP contribution in [0.25, 0.3) is 76.1 Å². The summed E-state index contributed by atoms with van der Waals surface area (Å²) in [6, 6.07) is 68.5. The molecule has 0 saturated heterocycles. The summed E-state index contributed by atoms with van der Waals surface area (Å²) in [5.74, 6) is 0.614. The lowest BCUT2D eigenvalue weighted by Crippen LogP contribution is -2.10. The predicted molar refractivity (Wildman–Crippen MR) is 223 cm³/mol. The zero-order valence-electron chi connectivity index (χ0n) is 28.7. The highest BCUT2D eigenvalue weighted by Gasteiger charge is 2.21. The van der Waals surface area contributed by atoms with Gasteiger partial charge in [-0.05, 0) is 82.9 Å². The van der Waals surface area contributed by atoms with Crippen LogP contribution in [0.2, 0.25) is 0 Å². The Bertz CT molecular complexity index is 2860. The number of aromatic nitrogens is 1. The maximum absolute atomic E-state index is 6.63. The van der Waals surface area contributed by atoms with Crippen molar-refractivity contribution in [2.45, 2.75) is 0 Å². The predicted octanol–water partition coefficient (Wildman–Crippen LogP) is 14.3. The van der Waals surface area contributed by atoms with E-state index in [-0.39, 0.29) is 0 Å². The summed E-state index contributed by atoms with van der Waals surface area (Å²) in [5, 5.41) is 2.53. The Morgan fingerprint density at radius 1 is 0.415 bits per heavy atom. The molecule has 2 heterocycles. The summed E-state index contributed by atoms with van der Waals surface area (Å²) in [6.45, 7) is 0. The van der Waals surface area contributed by atoms with E-state index in [0.717, 1.165) is 56.0 Å². The van der Waals surface area contributed by atoms with E-state index < -0.39 is 0 Å². The number of hydrogen-bond donors (Lipinski definition) is 0. The number of oxazole rings is 1. The van der Waals surface area contributed by atoms with Gasteiger partial charge in [-0.15, -0.1) is 11.3 Å². The van der Waals surface area contributed by atoms with Crippen LogP contribution >= 0.6 is 11.3 Å². The highest BCUT2D eigenvalue weighted by atomic mass is 32.1. The van der Waals surface area contributed by atoms with Gasteiger partial charge in [-0.1, -0.05) is 133 Å². The third-order valence-corrected chi connectivity index (χ3v) is 11.1. The average Bonchev–Trinajstić information content (AvgIpc) is 3.86. The molecule has 0 saturated carbocycles. The standard InChI is InChI=1S/C49H32N2OS/c1-4-13-33(14-5-1)34-23-27-38(28-24-34)51(43-20-12-22-45-46(43)42-19-10-11-21-44(42)53-45)39-29-25-36(26-30-39)41-32-31-40(35-15-6-2-7-16-35)47-48(41)52-49(50-47)37-17-8-3-9-18-37/h1-32H. The van der Waals surface area contributed by atoms with Crippen molar-refractivity contribution in [1.82, 2.24) is 4.98 Å². The van der Waals surface area contributed by atoms with Crippen LogP contribution in [0.1, 0.15) is 0 Å². The maximum Gasteiger partial charge on any atom is 0.227 e. The van der Waals surface area contributed by atoms with E-state index in [1.54, 1.807) is 0 Å². The Morgan fingerprint density at radius 3 is 1.64 bits per heavy atom. The van der Waals surface area contributed by atoms with Crippen LogP contribution in [0.5, 0.6) is 0 Å². The van der Waals surface area contributed by atoms with Crippen molar-refractivity contribution < 1.29 is 4.42 Å². The van der Waals surface area contributed by atoms with Gasteiger partial charge < -0.3 is 9.32 Å². The van der Waals surface area contributed by atoms with Gasteiger partial charge in [0, 0.05) is 48.2 Å². The summed E-state index contributed by atoms with van der Waals surface area (Å²) in [5.41, 5.74) is 12.5. The highest BCUT2D eigenvalue weighted by Crippen LogP contribution is 2.46. The largest absolute Gasteiger partial charge is 0.435 e. The minimum Gasteiger partial charge on any atom is -0.435 e. The van der Waals surface area contributed by atoms with E-state index in [9.17, 15) is 0 Å². The molecule has 0 spiro atoms. The number of nitrogens with zero attached hydrogens (tertiary/aromatic N) is 2. The molecular formula is C49H32N2OS. The third-order valence-electron chi connectivity index (χ3n) is 9.94. The van der Waals surface area contributed by atoms with E-state index in [4.69, 9.17) is 9.40 Å². The highest BCUT2D eigenvalue weighted by molar-refractivity contribution is 7.26. The smallest absolute Gasteiger partial charge is 0.227 e. The quantitative estimate of drug-likeness (QED) is 0.166. The number of fused-ring (bicyclic) bond motifs is 4. The molecular weight excluding hydrogens is 665 g/mol. The minimum absolute atomic E-state index is 0.614. The number of rotatable bonds is 7. The van der Waals surface area contributed by atoms with Gasteiger partial charge in [0.05, 0.1) is 5.69 Å². The Balaban J connectivity index is 1.12. The molecule has 250 valence electrons. The molecule has 0 atom stereocenters. The van der Waals surface area contributed by atoms with Gasteiger partial charge in [-0.25, -0.2) is 4.98 Å². The van der Waals surface area contributed by atoms with Crippen molar-refractivity contribution in [3.63, 3.8) is 0 Å². The van der Waals surface area contributed by atoms with Gasteiger partial charge in [0.1, 0.15) is 5.52 Å². The molecule has 0 aliphatic rings. The SMILES string of the molecule is c1ccc(-c2ccc(N(c3ccc(-c4ccc(-c5ccccc5)c5nc(-c6ccccc6)oc45)cc3)c3cccc4sc5ccccc5c34)cc2)cc1. The van der Waals surface area contributed by atoms with Crippen LogP contribution in [0.15, 0.2) is 199 Å². The molecule has 0 unspecified atom stereocenters. The van der Waals surface area contributed by atoms with Gasteiger partial charge in [0.15, 0.2) is 5.58 Å². The normalized spacial score (nSPS) is 11.4. The molecule has 3 nitrogen and oxygen atoms in total. The van der Waals surface area contributed by atoms with Crippen molar-refractivity contribution in [2.24, 2.45) is 0 Å². The van der Waals surface area contributed by atoms with Crippen molar-refractivity contribution in [2.75, 3.05) is 4.90 Å². The van der Waals surface area contributed by atoms with Crippen molar-refractivity contribution >= 4 is 59.7 Å². The first-order valence-electron chi connectivity index (χ1n) is 17.8. The molecule has 10 aromatic rings. The second-order valence-electron chi connectivity index (χ2n) is 13.1. The Kier molecular flexibility index (Phi) is 7.67. The second-order valence-corrected chi connectivity index (χ2v) is 14.2. The molecule has 0 aliphatic carbocycles. The lowest BCUT2D eigenvalue weighted by Gasteiger charge is -2.27. The fourth-order valence-corrected chi connectivity index (χ4v) is 8.51. The first-order valence-corrected chi connectivity index (χ1v) is 18.6. The summed E-state index contributed by atoms with van der Waals surface area (Å²) in [7, 11) is 0. The summed E-state index contributed by atoms with van der Waals surface area (Å²) in [6.07, 6.45) is 0. The Morgan fingerprint density at radius 2 is 0.943 bits per heavy atom. The molecule has 0 amide bonds. The summed E-state index contributed by atoms with van der Waals surface area (Å²) < 4.78 is 9.18. The first kappa shape index (κ1) is 31.0. The lowest BCUT2D eigenvalue weighted by atomic mass is 9.98. The Hall–Kier alpha value is -6.75. The van der Waals surface area contributed by atoms with Crippen molar-refractivity contribution in [3.05, 3.63) is 194 Å². The van der Waals surface area contributed by atoms with Crippen LogP contribution < -0.4 is 4.90 Å². The summed E-state index contributed by atoms with van der Waals surface area (Å²) in [4.78, 5) is 7.46. The fourth-order valence-electron chi connectivity index (χ4n) is 7.38. The van der Waals surface area contributed by atoms with Gasteiger partial charge in [-0.3, -0.25) is 0 Å². The molecule has 53 heavy (non-hydrogen) atoms. The topological polar surface area (TPSA) is 29.3 Å². The molecule has 10 rings (SSSR count). The molecule has 8 aromatic carbocycles. The van der Waals surface area contributed by atoms with Gasteiger partial charge in [-0.2, -0.15) is 0 Å². The second kappa shape index (κ2) is 13.1. The maximum atomic E-state index is 6.63. The monoisotopic (exact) mass is 696 g/mol. The molecule has 0 N–H and O–H groups in total. The number of anilines is 3. The summed E-state index contributed by atoms with van der Waals surface area (Å²) >= 11 is 1.84. The van der Waals surface area contributed by atoms with E-state index in [1.165, 1.54) is 31.3 Å². The molecule has 0 bridgehead atoms. The fraction of sp³-hybridized carbons (Fsp3) is 0. The van der Waals surface area contributed by atoms with E-state index in [0.29, 0.717) is 5.89 Å². The minimum atomic E-state index is 0.614. The third kappa shape index (κ3) is 5.57. The van der Waals surface area contributed by atoms with E-state index in [1.807, 2.05) is 47.7 Å². The van der Waals surface area contributed by atoms with Crippen LogP contribution in [0.4, 0.5) is 17.1 Å². The van der Waals surface area contributed by atoms with Crippen LogP contribution in [0, 0.1) is 0 Å². The van der Waals surface area contributed by atoms with Gasteiger partial charge in [0.25, 0.3) is 0 Å². The molecule has 0 radical (unpaired) electrons. The molecule has 0 fully saturated rings. The zero-order chi connectivity index (χ0) is 35.1. The lowest BCUT2D eigenvalue weighted by molar-refractivity contribution is 0.621. The average molecular weight is 697 g/mol. The molecule has 2 aromatic heterocycles. The van der Waals surface area contributed by atoms with Crippen molar-refractivity contribution in [3.8, 4) is 44.8 Å².